The van der Waals surface area contributed by atoms with Crippen LogP contribution in [-0.2, 0) is 10.0 Å². The summed E-state index contributed by atoms with van der Waals surface area (Å²) in [5.74, 6) is 0. The molecule has 6 heteroatoms. The second-order valence-electron chi connectivity index (χ2n) is 3.61. The average Bonchev–Trinajstić information content (AvgIpc) is 2.21. The van der Waals surface area contributed by atoms with Gasteiger partial charge in [-0.1, -0.05) is 18.5 Å². The van der Waals surface area contributed by atoms with Crippen molar-refractivity contribution in [2.24, 2.45) is 0 Å². The third-order valence-electron chi connectivity index (χ3n) is 2.25. The lowest BCUT2D eigenvalue weighted by Gasteiger charge is -2.12. The molecule has 0 aliphatic rings. The van der Waals surface area contributed by atoms with E-state index in [-0.39, 0.29) is 16.0 Å². The van der Waals surface area contributed by atoms with Gasteiger partial charge in [0.1, 0.15) is 0 Å². The smallest absolute Gasteiger partial charge is 0.240 e. The third-order valence-corrected chi connectivity index (χ3v) is 4.17. The zero-order valence-corrected chi connectivity index (χ0v) is 10.8. The van der Waals surface area contributed by atoms with Crippen molar-refractivity contribution in [1.29, 1.82) is 0 Å². The van der Waals surface area contributed by atoms with Gasteiger partial charge in [0.2, 0.25) is 10.0 Å². The highest BCUT2D eigenvalue weighted by molar-refractivity contribution is 7.89. The predicted octanol–water partition coefficient (Wildman–Crippen LogP) is 2.00. The van der Waals surface area contributed by atoms with Crippen molar-refractivity contribution < 1.29 is 8.42 Å². The highest BCUT2D eigenvalue weighted by atomic mass is 35.5. The summed E-state index contributed by atoms with van der Waals surface area (Å²) in [7, 11) is -3.50. The molecule has 1 unspecified atom stereocenters. The summed E-state index contributed by atoms with van der Waals surface area (Å²) in [5, 5.41) is 0.243. The van der Waals surface area contributed by atoms with Crippen molar-refractivity contribution in [3.8, 4) is 0 Å². The minimum Gasteiger partial charge on any atom is -0.398 e. The van der Waals surface area contributed by atoms with E-state index < -0.39 is 10.0 Å². The molecule has 1 atom stereocenters. The largest absolute Gasteiger partial charge is 0.398 e. The van der Waals surface area contributed by atoms with E-state index >= 15 is 0 Å². The standard InChI is InChI=1S/C10H15ClN2O2S/c1-3-7(2)13-16(14,15)8-4-5-10(12)9(11)6-8/h4-7,13H,3,12H2,1-2H3. The molecule has 0 aromatic heterocycles. The fourth-order valence-electron chi connectivity index (χ4n) is 1.09. The molecule has 0 radical (unpaired) electrons. The molecule has 0 aliphatic heterocycles. The zero-order chi connectivity index (χ0) is 12.3. The molecule has 0 aliphatic carbocycles. The molecular formula is C10H15ClN2O2S. The Morgan fingerprint density at radius 1 is 1.50 bits per heavy atom. The number of nitrogens with one attached hydrogen (secondary N) is 1. The van der Waals surface area contributed by atoms with Crippen LogP contribution in [0.5, 0.6) is 0 Å². The third kappa shape index (κ3) is 3.10. The molecule has 1 aromatic carbocycles. The van der Waals surface area contributed by atoms with Crippen LogP contribution >= 0.6 is 11.6 Å². The van der Waals surface area contributed by atoms with Crippen molar-refractivity contribution in [3.63, 3.8) is 0 Å². The lowest BCUT2D eigenvalue weighted by molar-refractivity contribution is 0.556. The van der Waals surface area contributed by atoms with E-state index in [2.05, 4.69) is 4.72 Å². The van der Waals surface area contributed by atoms with E-state index in [9.17, 15) is 8.42 Å². The number of halogens is 1. The minimum atomic E-state index is -3.50. The molecule has 0 bridgehead atoms. The van der Waals surface area contributed by atoms with Crippen molar-refractivity contribution in [1.82, 2.24) is 4.72 Å². The summed E-state index contributed by atoms with van der Waals surface area (Å²) >= 11 is 5.77. The first-order chi connectivity index (χ1) is 7.36. The van der Waals surface area contributed by atoms with E-state index in [4.69, 9.17) is 17.3 Å². The second-order valence-corrected chi connectivity index (χ2v) is 5.74. The van der Waals surface area contributed by atoms with E-state index in [1.54, 1.807) is 6.92 Å². The second kappa shape index (κ2) is 5.03. The molecule has 0 fully saturated rings. The Morgan fingerprint density at radius 2 is 2.12 bits per heavy atom. The summed E-state index contributed by atoms with van der Waals surface area (Å²) in [6.45, 7) is 3.71. The fourth-order valence-corrected chi connectivity index (χ4v) is 2.69. The lowest BCUT2D eigenvalue weighted by Crippen LogP contribution is -2.31. The number of nitrogen functional groups attached to an aromatic ring is 1. The van der Waals surface area contributed by atoms with Crippen LogP contribution in [-0.4, -0.2) is 14.5 Å². The van der Waals surface area contributed by atoms with E-state index in [1.807, 2.05) is 6.92 Å². The van der Waals surface area contributed by atoms with Crippen molar-refractivity contribution in [3.05, 3.63) is 23.2 Å². The summed E-state index contributed by atoms with van der Waals surface area (Å²) in [5.41, 5.74) is 5.88. The molecule has 0 heterocycles. The van der Waals surface area contributed by atoms with Crippen LogP contribution in [0.25, 0.3) is 0 Å². The van der Waals surface area contributed by atoms with Gasteiger partial charge >= 0.3 is 0 Å². The van der Waals surface area contributed by atoms with E-state index in [0.717, 1.165) is 6.42 Å². The molecule has 1 rings (SSSR count). The highest BCUT2D eigenvalue weighted by Crippen LogP contribution is 2.22. The van der Waals surface area contributed by atoms with Crippen molar-refractivity contribution >= 4 is 27.3 Å². The number of hydrogen-bond donors (Lipinski definition) is 2. The van der Waals surface area contributed by atoms with Crippen LogP contribution in [0.2, 0.25) is 5.02 Å². The van der Waals surface area contributed by atoms with Gasteiger partial charge in [0.15, 0.2) is 0 Å². The maximum atomic E-state index is 11.9. The molecule has 16 heavy (non-hydrogen) atoms. The van der Waals surface area contributed by atoms with Crippen molar-refractivity contribution in [2.75, 3.05) is 5.73 Å². The normalized spacial score (nSPS) is 13.7. The molecule has 90 valence electrons. The van der Waals surface area contributed by atoms with Gasteiger partial charge in [0, 0.05) is 6.04 Å². The Kier molecular flexibility index (Phi) is 4.18. The van der Waals surface area contributed by atoms with Gasteiger partial charge in [0.25, 0.3) is 0 Å². The van der Waals surface area contributed by atoms with Gasteiger partial charge in [-0.3, -0.25) is 0 Å². The molecule has 0 spiro atoms. The maximum absolute atomic E-state index is 11.9. The van der Waals surface area contributed by atoms with Gasteiger partial charge in [-0.05, 0) is 31.5 Å². The number of anilines is 1. The monoisotopic (exact) mass is 262 g/mol. The zero-order valence-electron chi connectivity index (χ0n) is 9.20. The quantitative estimate of drug-likeness (QED) is 0.816. The topological polar surface area (TPSA) is 72.2 Å². The maximum Gasteiger partial charge on any atom is 0.240 e. The SMILES string of the molecule is CCC(C)NS(=O)(=O)c1ccc(N)c(Cl)c1. The van der Waals surface area contributed by atoms with Crippen molar-refractivity contribution in [2.45, 2.75) is 31.2 Å². The molecule has 0 amide bonds. The van der Waals surface area contributed by atoms with E-state index in [0.29, 0.717) is 5.69 Å². The number of rotatable bonds is 4. The lowest BCUT2D eigenvalue weighted by atomic mass is 10.3. The molecule has 4 nitrogen and oxygen atoms in total. The molecule has 0 saturated heterocycles. The van der Waals surface area contributed by atoms with E-state index in [1.165, 1.54) is 18.2 Å². The first kappa shape index (κ1) is 13.3. The van der Waals surface area contributed by atoms with Crippen LogP contribution in [0.3, 0.4) is 0 Å². The van der Waals surface area contributed by atoms with Gasteiger partial charge in [-0.2, -0.15) is 0 Å². The average molecular weight is 263 g/mol. The Bertz CT molecular complexity index is 474. The first-order valence-corrected chi connectivity index (χ1v) is 6.80. The number of hydrogen-bond acceptors (Lipinski definition) is 3. The summed E-state index contributed by atoms with van der Waals surface area (Å²) in [4.78, 5) is 0.131. The number of sulfonamides is 1. The predicted molar refractivity (Wildman–Crippen MR) is 65.9 cm³/mol. The molecule has 3 N–H and O–H groups in total. The van der Waals surface area contributed by atoms with Crippen LogP contribution in [0, 0.1) is 0 Å². The van der Waals surface area contributed by atoms with Gasteiger partial charge < -0.3 is 5.73 Å². The Morgan fingerprint density at radius 3 is 2.62 bits per heavy atom. The Hall–Kier alpha value is -0.780. The van der Waals surface area contributed by atoms with Crippen LogP contribution in [0.1, 0.15) is 20.3 Å². The van der Waals surface area contributed by atoms with Gasteiger partial charge in [-0.25, -0.2) is 13.1 Å². The Labute approximate surface area is 101 Å². The minimum absolute atomic E-state index is 0.110. The van der Waals surface area contributed by atoms with Crippen LogP contribution < -0.4 is 10.5 Å². The highest BCUT2D eigenvalue weighted by Gasteiger charge is 2.17. The molecule has 1 aromatic rings. The fraction of sp³-hybridized carbons (Fsp3) is 0.400. The summed E-state index contributed by atoms with van der Waals surface area (Å²) in [6, 6.07) is 4.16. The molecular weight excluding hydrogens is 248 g/mol. The Balaban J connectivity index is 3.03. The van der Waals surface area contributed by atoms with Gasteiger partial charge in [0.05, 0.1) is 15.6 Å². The summed E-state index contributed by atoms with van der Waals surface area (Å²) < 4.78 is 26.3. The number of nitrogens with two attached hydrogens (primary N) is 1. The molecule has 0 saturated carbocycles. The van der Waals surface area contributed by atoms with Gasteiger partial charge in [-0.15, -0.1) is 0 Å². The van der Waals surface area contributed by atoms with Crippen LogP contribution in [0.4, 0.5) is 5.69 Å². The summed E-state index contributed by atoms with van der Waals surface area (Å²) in [6.07, 6.45) is 0.724. The number of benzene rings is 1. The first-order valence-electron chi connectivity index (χ1n) is 4.94. The van der Waals surface area contributed by atoms with Crippen LogP contribution in [0.15, 0.2) is 23.1 Å².